The molecule has 0 saturated heterocycles. The highest BCUT2D eigenvalue weighted by Gasteiger charge is 2.15. The Balaban J connectivity index is 1.63. The molecular weight excluding hydrogens is 346 g/mol. The second-order valence-electron chi connectivity index (χ2n) is 6.16. The fraction of sp³-hybridized carbons (Fsp3) is 0.158. The van der Waals surface area contributed by atoms with Crippen molar-refractivity contribution in [3.8, 4) is 11.5 Å². The van der Waals surface area contributed by atoms with Crippen molar-refractivity contribution in [1.29, 1.82) is 0 Å². The number of aromatic nitrogens is 4. The van der Waals surface area contributed by atoms with Crippen molar-refractivity contribution in [3.05, 3.63) is 59.7 Å². The Kier molecular flexibility index (Phi) is 4.22. The summed E-state index contributed by atoms with van der Waals surface area (Å²) in [4.78, 5) is 17.2. The molecule has 0 fully saturated rings. The molecule has 1 N–H and O–H groups in total. The lowest BCUT2D eigenvalue weighted by Crippen LogP contribution is -2.13. The molecule has 0 aliphatic heterocycles. The Labute approximate surface area is 154 Å². The highest BCUT2D eigenvalue weighted by atomic mass is 32.1. The van der Waals surface area contributed by atoms with Crippen molar-refractivity contribution >= 4 is 33.1 Å². The highest BCUT2D eigenvalue weighted by molar-refractivity contribution is 7.17. The molecule has 4 aromatic rings. The van der Waals surface area contributed by atoms with Crippen LogP contribution in [-0.4, -0.2) is 25.7 Å². The van der Waals surface area contributed by atoms with Gasteiger partial charge in [0.05, 0.1) is 5.56 Å². The van der Waals surface area contributed by atoms with Gasteiger partial charge in [0.2, 0.25) is 0 Å². The van der Waals surface area contributed by atoms with Crippen LogP contribution in [-0.2, 0) is 0 Å². The number of thiophene rings is 1. The van der Waals surface area contributed by atoms with Crippen molar-refractivity contribution in [3.63, 3.8) is 0 Å². The van der Waals surface area contributed by atoms with Crippen molar-refractivity contribution in [2.75, 3.05) is 5.32 Å². The predicted molar refractivity (Wildman–Crippen MR) is 103 cm³/mol. The molecule has 6 nitrogen and oxygen atoms in total. The van der Waals surface area contributed by atoms with E-state index < -0.39 is 0 Å². The van der Waals surface area contributed by atoms with Crippen LogP contribution >= 0.6 is 11.3 Å². The molecule has 3 heterocycles. The fourth-order valence-electron chi connectivity index (χ4n) is 2.77. The van der Waals surface area contributed by atoms with Crippen LogP contribution in [0, 0.1) is 0 Å². The summed E-state index contributed by atoms with van der Waals surface area (Å²) in [5, 5.41) is 13.8. The van der Waals surface area contributed by atoms with Crippen LogP contribution in [0.3, 0.4) is 0 Å². The van der Waals surface area contributed by atoms with Gasteiger partial charge in [0.1, 0.15) is 17.8 Å². The van der Waals surface area contributed by atoms with E-state index in [1.807, 2.05) is 46.3 Å². The number of nitrogens with one attached hydrogen (secondary N) is 1. The third kappa shape index (κ3) is 2.97. The van der Waals surface area contributed by atoms with E-state index in [1.165, 1.54) is 0 Å². The maximum atomic E-state index is 12.7. The van der Waals surface area contributed by atoms with E-state index >= 15 is 0 Å². The Morgan fingerprint density at radius 3 is 2.85 bits per heavy atom. The van der Waals surface area contributed by atoms with Gasteiger partial charge in [-0.3, -0.25) is 4.79 Å². The third-order valence-corrected chi connectivity index (χ3v) is 5.04. The minimum Gasteiger partial charge on any atom is -0.310 e. The number of hydrogen-bond donors (Lipinski definition) is 1. The molecular formula is C19H17N5OS. The minimum absolute atomic E-state index is 0.169. The van der Waals surface area contributed by atoms with Crippen LogP contribution < -0.4 is 5.32 Å². The average Bonchev–Trinajstić information content (AvgIpc) is 3.29. The average molecular weight is 363 g/mol. The van der Waals surface area contributed by atoms with Crippen LogP contribution in [0.25, 0.3) is 21.6 Å². The van der Waals surface area contributed by atoms with Gasteiger partial charge in [0.15, 0.2) is 5.82 Å². The maximum Gasteiger partial charge on any atom is 0.258 e. The number of carbonyl (C=O) groups excluding carboxylic acids is 1. The first-order chi connectivity index (χ1) is 12.6. The zero-order chi connectivity index (χ0) is 18.1. The molecule has 3 aromatic heterocycles. The van der Waals surface area contributed by atoms with Gasteiger partial charge in [-0.1, -0.05) is 24.3 Å². The van der Waals surface area contributed by atoms with E-state index in [0.717, 1.165) is 10.1 Å². The van der Waals surface area contributed by atoms with E-state index in [-0.39, 0.29) is 11.9 Å². The summed E-state index contributed by atoms with van der Waals surface area (Å²) in [5.74, 6) is 0.996. The Morgan fingerprint density at radius 1 is 1.15 bits per heavy atom. The summed E-state index contributed by atoms with van der Waals surface area (Å²) >= 11 is 1.56. The summed E-state index contributed by atoms with van der Waals surface area (Å²) in [5.41, 5.74) is 1.33. The van der Waals surface area contributed by atoms with E-state index in [2.05, 4.69) is 34.3 Å². The van der Waals surface area contributed by atoms with E-state index in [4.69, 9.17) is 0 Å². The molecule has 0 radical (unpaired) electrons. The van der Waals surface area contributed by atoms with Crippen molar-refractivity contribution in [2.45, 2.75) is 19.9 Å². The molecule has 0 atom stereocenters. The number of fused-ring (bicyclic) bond motifs is 1. The smallest absolute Gasteiger partial charge is 0.258 e. The second kappa shape index (κ2) is 6.68. The number of carbonyl (C=O) groups is 1. The number of hydrogen-bond acceptors (Lipinski definition) is 5. The van der Waals surface area contributed by atoms with E-state index in [1.54, 1.807) is 23.7 Å². The third-order valence-electron chi connectivity index (χ3n) is 4.07. The lowest BCUT2D eigenvalue weighted by atomic mass is 10.1. The van der Waals surface area contributed by atoms with Gasteiger partial charge in [0, 0.05) is 21.5 Å². The molecule has 0 unspecified atom stereocenters. The van der Waals surface area contributed by atoms with Gasteiger partial charge >= 0.3 is 0 Å². The number of pyridine rings is 1. The van der Waals surface area contributed by atoms with Crippen LogP contribution in [0.2, 0.25) is 0 Å². The summed E-state index contributed by atoms with van der Waals surface area (Å²) in [6.45, 7) is 4.11. The number of anilines is 1. The van der Waals surface area contributed by atoms with Crippen LogP contribution in [0.1, 0.15) is 30.2 Å². The molecule has 4 rings (SSSR count). The van der Waals surface area contributed by atoms with Crippen LogP contribution in [0.5, 0.6) is 0 Å². The van der Waals surface area contributed by atoms with Gasteiger partial charge in [-0.25, -0.2) is 4.98 Å². The summed E-state index contributed by atoms with van der Waals surface area (Å²) in [6, 6.07) is 13.6. The molecule has 0 aliphatic carbocycles. The highest BCUT2D eigenvalue weighted by Crippen LogP contribution is 2.26. The molecule has 0 spiro atoms. The van der Waals surface area contributed by atoms with Crippen molar-refractivity contribution in [2.24, 2.45) is 0 Å². The van der Waals surface area contributed by atoms with Gasteiger partial charge in [-0.15, -0.1) is 21.5 Å². The van der Waals surface area contributed by atoms with Gasteiger partial charge in [0.25, 0.3) is 5.91 Å². The lowest BCUT2D eigenvalue weighted by molar-refractivity contribution is 0.102. The Morgan fingerprint density at radius 2 is 2.00 bits per heavy atom. The monoisotopic (exact) mass is 363 g/mol. The molecule has 0 bridgehead atoms. The van der Waals surface area contributed by atoms with Crippen LogP contribution in [0.4, 0.5) is 5.82 Å². The number of nitrogens with zero attached hydrogens (tertiary/aromatic N) is 4. The first kappa shape index (κ1) is 16.4. The minimum atomic E-state index is -0.169. The molecule has 7 heteroatoms. The Hall–Kier alpha value is -3.06. The van der Waals surface area contributed by atoms with Crippen molar-refractivity contribution < 1.29 is 4.79 Å². The zero-order valence-corrected chi connectivity index (χ0v) is 15.2. The summed E-state index contributed by atoms with van der Waals surface area (Å²) in [6.07, 6.45) is 1.68. The summed E-state index contributed by atoms with van der Waals surface area (Å²) < 4.78 is 3.03. The lowest BCUT2D eigenvalue weighted by Gasteiger charge is -2.10. The second-order valence-corrected chi connectivity index (χ2v) is 7.07. The van der Waals surface area contributed by atoms with E-state index in [9.17, 15) is 4.79 Å². The normalized spacial score (nSPS) is 11.2. The first-order valence-corrected chi connectivity index (χ1v) is 9.16. The zero-order valence-electron chi connectivity index (χ0n) is 14.4. The van der Waals surface area contributed by atoms with Crippen LogP contribution in [0.15, 0.2) is 54.2 Å². The van der Waals surface area contributed by atoms with E-state index in [0.29, 0.717) is 22.9 Å². The largest absolute Gasteiger partial charge is 0.310 e. The fourth-order valence-corrected chi connectivity index (χ4v) is 3.71. The first-order valence-electron chi connectivity index (χ1n) is 8.28. The number of amides is 1. The molecule has 1 aromatic carbocycles. The number of rotatable bonds is 4. The summed E-state index contributed by atoms with van der Waals surface area (Å²) in [7, 11) is 0. The standard InChI is InChI=1S/C19H17N5OS/c1-12(2)24-11-20-23-18(24)15-7-5-9-17(21-15)22-19(25)14-10-26-16-8-4-3-6-13(14)16/h3-12H,1-2H3,(H,21,22,25). The molecule has 0 saturated carbocycles. The topological polar surface area (TPSA) is 72.7 Å². The SMILES string of the molecule is CC(C)n1cnnc1-c1cccc(NC(=O)c2csc3ccccc23)n1. The number of benzene rings is 1. The molecule has 0 aliphatic rings. The molecule has 130 valence electrons. The predicted octanol–water partition coefficient (Wildman–Crippen LogP) is 4.39. The van der Waals surface area contributed by atoms with Gasteiger partial charge < -0.3 is 9.88 Å². The van der Waals surface area contributed by atoms with Gasteiger partial charge in [-0.05, 0) is 32.0 Å². The molecule has 1 amide bonds. The quantitative estimate of drug-likeness (QED) is 0.584. The Bertz CT molecular complexity index is 1080. The maximum absolute atomic E-state index is 12.7. The van der Waals surface area contributed by atoms with Crippen molar-refractivity contribution in [1.82, 2.24) is 19.7 Å². The van der Waals surface area contributed by atoms with Gasteiger partial charge in [-0.2, -0.15) is 0 Å². The molecule has 26 heavy (non-hydrogen) atoms.